The van der Waals surface area contributed by atoms with Crippen molar-refractivity contribution in [3.05, 3.63) is 59.7 Å². The van der Waals surface area contributed by atoms with Gasteiger partial charge in [-0.2, -0.15) is 0 Å². The molecule has 2 N–H and O–H groups in total. The van der Waals surface area contributed by atoms with Crippen LogP contribution in [0.25, 0.3) is 0 Å². The second-order valence-corrected chi connectivity index (χ2v) is 6.65. The lowest BCUT2D eigenvalue weighted by Crippen LogP contribution is -2.45. The Morgan fingerprint density at radius 1 is 1.08 bits per heavy atom. The van der Waals surface area contributed by atoms with Gasteiger partial charge in [0.15, 0.2) is 0 Å². The summed E-state index contributed by atoms with van der Waals surface area (Å²) in [7, 11) is 0. The average Bonchev–Trinajstić information content (AvgIpc) is 3.14. The van der Waals surface area contributed by atoms with Crippen LogP contribution in [0.2, 0.25) is 0 Å². The molecule has 0 aromatic heterocycles. The Kier molecular flexibility index (Phi) is 5.56. The molecule has 1 fully saturated rings. The monoisotopic (exact) mass is 351 g/mol. The number of carbonyl (C=O) groups is 2. The molecule has 1 aliphatic rings. The highest BCUT2D eigenvalue weighted by atomic mass is 16.2. The summed E-state index contributed by atoms with van der Waals surface area (Å²) in [4.78, 5) is 27.0. The largest absolute Gasteiger partial charge is 0.324 e. The first-order chi connectivity index (χ1) is 12.6. The fraction of sp³-hybridized carbons (Fsp3) is 0.333. The molecule has 0 radical (unpaired) electrons. The van der Waals surface area contributed by atoms with Crippen molar-refractivity contribution >= 4 is 23.3 Å². The minimum atomic E-state index is -0.439. The number of carbonyl (C=O) groups excluding carboxylic acids is 2. The molecule has 0 bridgehead atoms. The van der Waals surface area contributed by atoms with Gasteiger partial charge in [0.1, 0.15) is 6.04 Å². The first kappa shape index (κ1) is 18.0. The maximum Gasteiger partial charge on any atom is 0.322 e. The van der Waals surface area contributed by atoms with Gasteiger partial charge >= 0.3 is 6.03 Å². The molecular formula is C21H25N3O2. The maximum atomic E-state index is 12.8. The summed E-state index contributed by atoms with van der Waals surface area (Å²) in [6.45, 7) is 4.65. The van der Waals surface area contributed by atoms with Crippen LogP contribution < -0.4 is 10.6 Å². The number of nitrogens with zero attached hydrogens (tertiary/aromatic N) is 1. The van der Waals surface area contributed by atoms with Crippen LogP contribution >= 0.6 is 0 Å². The standard InChI is InChI=1S/C21H25N3O2/c1-3-16-7-4-5-8-18(16)23-20(25)19-9-6-14-24(19)21(26)22-17-12-10-15(2)11-13-17/h4-5,7-8,10-13,19H,3,6,9,14H2,1-2H3,(H,22,26)(H,23,25)/t19-/m0/s1. The van der Waals surface area contributed by atoms with E-state index in [0.29, 0.717) is 13.0 Å². The number of para-hydroxylation sites is 1. The van der Waals surface area contributed by atoms with Crippen molar-refractivity contribution in [3.8, 4) is 0 Å². The summed E-state index contributed by atoms with van der Waals surface area (Å²) in [5.41, 5.74) is 3.79. The van der Waals surface area contributed by atoms with E-state index in [2.05, 4.69) is 17.6 Å². The summed E-state index contributed by atoms with van der Waals surface area (Å²) in [5, 5.41) is 5.89. The lowest BCUT2D eigenvalue weighted by molar-refractivity contribution is -0.119. The number of aryl methyl sites for hydroxylation is 2. The number of nitrogens with one attached hydrogen (secondary N) is 2. The summed E-state index contributed by atoms with van der Waals surface area (Å²) in [5.74, 6) is -0.123. The number of urea groups is 1. The molecule has 2 aromatic carbocycles. The van der Waals surface area contributed by atoms with Crippen molar-refractivity contribution in [2.75, 3.05) is 17.2 Å². The number of rotatable bonds is 4. The number of likely N-dealkylation sites (tertiary alicyclic amines) is 1. The molecular weight excluding hydrogens is 326 g/mol. The van der Waals surface area contributed by atoms with Gasteiger partial charge in [-0.25, -0.2) is 4.79 Å². The molecule has 0 spiro atoms. The number of benzene rings is 2. The van der Waals surface area contributed by atoms with Crippen LogP contribution in [-0.2, 0) is 11.2 Å². The molecule has 1 saturated heterocycles. The van der Waals surface area contributed by atoms with Crippen LogP contribution in [0.3, 0.4) is 0 Å². The van der Waals surface area contributed by atoms with Gasteiger partial charge in [-0.1, -0.05) is 42.8 Å². The number of anilines is 2. The van der Waals surface area contributed by atoms with E-state index < -0.39 is 6.04 Å². The minimum absolute atomic E-state index is 0.123. The van der Waals surface area contributed by atoms with E-state index in [1.807, 2.05) is 55.5 Å². The van der Waals surface area contributed by atoms with Crippen LogP contribution in [0.4, 0.5) is 16.2 Å². The molecule has 0 saturated carbocycles. The third-order valence-corrected chi connectivity index (χ3v) is 4.78. The summed E-state index contributed by atoms with van der Waals surface area (Å²) >= 11 is 0. The maximum absolute atomic E-state index is 12.8. The van der Waals surface area contributed by atoms with Crippen LogP contribution in [0.15, 0.2) is 48.5 Å². The zero-order chi connectivity index (χ0) is 18.5. The van der Waals surface area contributed by atoms with Crippen LogP contribution in [0.1, 0.15) is 30.9 Å². The smallest absolute Gasteiger partial charge is 0.322 e. The van der Waals surface area contributed by atoms with Crippen LogP contribution in [-0.4, -0.2) is 29.4 Å². The van der Waals surface area contributed by atoms with E-state index in [4.69, 9.17) is 0 Å². The van der Waals surface area contributed by atoms with Crippen molar-refractivity contribution in [1.82, 2.24) is 4.90 Å². The number of amides is 3. The topological polar surface area (TPSA) is 61.4 Å². The molecule has 1 atom stereocenters. The van der Waals surface area contributed by atoms with Crippen molar-refractivity contribution < 1.29 is 9.59 Å². The zero-order valence-corrected chi connectivity index (χ0v) is 15.3. The number of hydrogen-bond acceptors (Lipinski definition) is 2. The zero-order valence-electron chi connectivity index (χ0n) is 15.3. The molecule has 3 amide bonds. The lowest BCUT2D eigenvalue weighted by Gasteiger charge is -2.24. The Morgan fingerprint density at radius 3 is 2.54 bits per heavy atom. The first-order valence-electron chi connectivity index (χ1n) is 9.11. The van der Waals surface area contributed by atoms with Gasteiger partial charge in [0.05, 0.1) is 0 Å². The van der Waals surface area contributed by atoms with Gasteiger partial charge in [0.2, 0.25) is 5.91 Å². The van der Waals surface area contributed by atoms with Crippen LogP contribution in [0, 0.1) is 6.92 Å². The van der Waals surface area contributed by atoms with Crippen molar-refractivity contribution in [2.45, 2.75) is 39.2 Å². The average molecular weight is 351 g/mol. The van der Waals surface area contributed by atoms with E-state index in [1.54, 1.807) is 4.90 Å². The molecule has 26 heavy (non-hydrogen) atoms. The molecule has 0 unspecified atom stereocenters. The van der Waals surface area contributed by atoms with E-state index in [-0.39, 0.29) is 11.9 Å². The molecule has 2 aromatic rings. The normalized spacial score (nSPS) is 16.4. The Morgan fingerprint density at radius 2 is 1.81 bits per heavy atom. The van der Waals surface area contributed by atoms with E-state index in [9.17, 15) is 9.59 Å². The molecule has 1 heterocycles. The van der Waals surface area contributed by atoms with Gasteiger partial charge in [0, 0.05) is 17.9 Å². The predicted molar refractivity (Wildman–Crippen MR) is 104 cm³/mol. The molecule has 5 heteroatoms. The highest BCUT2D eigenvalue weighted by Crippen LogP contribution is 2.22. The highest BCUT2D eigenvalue weighted by Gasteiger charge is 2.34. The molecule has 136 valence electrons. The Labute approximate surface area is 154 Å². The predicted octanol–water partition coefficient (Wildman–Crippen LogP) is 4.19. The summed E-state index contributed by atoms with van der Waals surface area (Å²) in [6.07, 6.45) is 2.36. The summed E-state index contributed by atoms with van der Waals surface area (Å²) < 4.78 is 0. The van der Waals surface area contributed by atoms with E-state index in [1.165, 1.54) is 0 Å². The van der Waals surface area contributed by atoms with Gasteiger partial charge in [-0.3, -0.25) is 4.79 Å². The van der Waals surface area contributed by atoms with E-state index >= 15 is 0 Å². The Hall–Kier alpha value is -2.82. The third kappa shape index (κ3) is 4.04. The molecule has 1 aliphatic heterocycles. The highest BCUT2D eigenvalue weighted by molar-refractivity contribution is 6.00. The third-order valence-electron chi connectivity index (χ3n) is 4.78. The fourth-order valence-electron chi connectivity index (χ4n) is 3.28. The van der Waals surface area contributed by atoms with E-state index in [0.717, 1.165) is 35.3 Å². The minimum Gasteiger partial charge on any atom is -0.324 e. The van der Waals surface area contributed by atoms with Crippen molar-refractivity contribution in [3.63, 3.8) is 0 Å². The van der Waals surface area contributed by atoms with Gasteiger partial charge in [-0.05, 0) is 49.9 Å². The Bertz CT molecular complexity index is 786. The quantitative estimate of drug-likeness (QED) is 0.867. The SMILES string of the molecule is CCc1ccccc1NC(=O)[C@@H]1CCCN1C(=O)Nc1ccc(C)cc1. The van der Waals surface area contributed by atoms with Crippen molar-refractivity contribution in [1.29, 1.82) is 0 Å². The van der Waals surface area contributed by atoms with Gasteiger partial charge in [0.25, 0.3) is 0 Å². The van der Waals surface area contributed by atoms with Crippen molar-refractivity contribution in [2.24, 2.45) is 0 Å². The van der Waals surface area contributed by atoms with Gasteiger partial charge in [-0.15, -0.1) is 0 Å². The Balaban J connectivity index is 1.67. The van der Waals surface area contributed by atoms with Crippen LogP contribution in [0.5, 0.6) is 0 Å². The van der Waals surface area contributed by atoms with Gasteiger partial charge < -0.3 is 15.5 Å². The second kappa shape index (κ2) is 8.04. The summed E-state index contributed by atoms with van der Waals surface area (Å²) in [6, 6.07) is 14.8. The molecule has 3 rings (SSSR count). The molecule has 5 nitrogen and oxygen atoms in total. The molecule has 0 aliphatic carbocycles. The number of hydrogen-bond donors (Lipinski definition) is 2. The first-order valence-corrected chi connectivity index (χ1v) is 9.11. The fourth-order valence-corrected chi connectivity index (χ4v) is 3.28. The lowest BCUT2D eigenvalue weighted by atomic mass is 10.1. The second-order valence-electron chi connectivity index (χ2n) is 6.65.